The van der Waals surface area contributed by atoms with E-state index in [0.29, 0.717) is 5.92 Å². The van der Waals surface area contributed by atoms with Crippen LogP contribution in [0.25, 0.3) is 0 Å². The number of rotatable bonds is 3. The second-order valence-electron chi connectivity index (χ2n) is 6.06. The van der Waals surface area contributed by atoms with Crippen molar-refractivity contribution in [3.05, 3.63) is 35.6 Å². The molecule has 4 unspecified atom stereocenters. The maximum Gasteiger partial charge on any atom is 0.321 e. The van der Waals surface area contributed by atoms with Gasteiger partial charge in [0.2, 0.25) is 0 Å². The number of fused-ring (bicyclic) bond motifs is 1. The van der Waals surface area contributed by atoms with Gasteiger partial charge in [0, 0.05) is 12.6 Å². The second-order valence-corrected chi connectivity index (χ2v) is 6.06. The highest BCUT2D eigenvalue weighted by atomic mass is 19.1. The van der Waals surface area contributed by atoms with Crippen LogP contribution in [0.15, 0.2) is 24.3 Å². The Bertz CT molecular complexity index is 502. The lowest BCUT2D eigenvalue weighted by Gasteiger charge is -2.30. The van der Waals surface area contributed by atoms with Gasteiger partial charge in [-0.25, -0.2) is 4.39 Å². The standard InChI is InChI=1S/C16H20FNO2/c1-10(11-5-7-13(17)8-6-11)18-9-12-3-2-4-14(12)15(18)16(19)20/h5-8,10,12,14-15H,2-4,9H2,1H3,(H,19,20). The van der Waals surface area contributed by atoms with Crippen LogP contribution in [0.5, 0.6) is 0 Å². The molecule has 0 aromatic heterocycles. The zero-order chi connectivity index (χ0) is 14.3. The molecule has 0 spiro atoms. The predicted molar refractivity (Wildman–Crippen MR) is 73.8 cm³/mol. The minimum absolute atomic E-state index is 0.0160. The Morgan fingerprint density at radius 1 is 1.35 bits per heavy atom. The molecule has 2 fully saturated rings. The molecule has 1 N–H and O–H groups in total. The largest absolute Gasteiger partial charge is 0.480 e. The van der Waals surface area contributed by atoms with Gasteiger partial charge in [0.1, 0.15) is 11.9 Å². The molecule has 1 aromatic rings. The van der Waals surface area contributed by atoms with Gasteiger partial charge >= 0.3 is 5.97 Å². The average Bonchev–Trinajstić information content (AvgIpc) is 2.97. The van der Waals surface area contributed by atoms with E-state index in [1.54, 1.807) is 12.1 Å². The Morgan fingerprint density at radius 2 is 2.05 bits per heavy atom. The van der Waals surface area contributed by atoms with E-state index in [-0.39, 0.29) is 23.8 Å². The maximum absolute atomic E-state index is 13.0. The Kier molecular flexibility index (Phi) is 3.50. The topological polar surface area (TPSA) is 40.5 Å². The van der Waals surface area contributed by atoms with Gasteiger partial charge in [-0.2, -0.15) is 0 Å². The van der Waals surface area contributed by atoms with Crippen molar-refractivity contribution in [2.24, 2.45) is 11.8 Å². The van der Waals surface area contributed by atoms with Crippen LogP contribution in [-0.4, -0.2) is 28.6 Å². The normalized spacial score (nSPS) is 31.2. The van der Waals surface area contributed by atoms with Crippen molar-refractivity contribution >= 4 is 5.97 Å². The van der Waals surface area contributed by atoms with Crippen LogP contribution >= 0.6 is 0 Å². The van der Waals surface area contributed by atoms with Gasteiger partial charge in [0.05, 0.1) is 0 Å². The number of hydrogen-bond donors (Lipinski definition) is 1. The summed E-state index contributed by atoms with van der Waals surface area (Å²) < 4.78 is 13.0. The van der Waals surface area contributed by atoms with E-state index in [1.165, 1.54) is 12.1 Å². The van der Waals surface area contributed by atoms with Crippen LogP contribution in [0, 0.1) is 17.7 Å². The Balaban J connectivity index is 1.84. The third kappa shape index (κ3) is 2.22. The monoisotopic (exact) mass is 277 g/mol. The highest BCUT2D eigenvalue weighted by molar-refractivity contribution is 5.74. The molecular weight excluding hydrogens is 257 g/mol. The molecule has 1 aromatic carbocycles. The zero-order valence-electron chi connectivity index (χ0n) is 11.6. The number of carboxylic acid groups (broad SMARTS) is 1. The summed E-state index contributed by atoms with van der Waals surface area (Å²) in [7, 11) is 0. The number of halogens is 1. The van der Waals surface area contributed by atoms with Gasteiger partial charge in [-0.1, -0.05) is 18.6 Å². The number of hydrogen-bond acceptors (Lipinski definition) is 2. The van der Waals surface area contributed by atoms with Crippen molar-refractivity contribution in [2.75, 3.05) is 6.54 Å². The van der Waals surface area contributed by atoms with Crippen LogP contribution < -0.4 is 0 Å². The fourth-order valence-corrected chi connectivity index (χ4v) is 3.99. The number of carboxylic acids is 1. The van der Waals surface area contributed by atoms with E-state index in [2.05, 4.69) is 4.90 Å². The van der Waals surface area contributed by atoms with Crippen molar-refractivity contribution in [1.82, 2.24) is 4.90 Å². The Hall–Kier alpha value is -1.42. The summed E-state index contributed by atoms with van der Waals surface area (Å²) in [6.45, 7) is 2.87. The van der Waals surface area contributed by atoms with Crippen LogP contribution in [-0.2, 0) is 4.79 Å². The third-order valence-electron chi connectivity index (χ3n) is 5.03. The molecule has 4 atom stereocenters. The smallest absolute Gasteiger partial charge is 0.321 e. The summed E-state index contributed by atoms with van der Waals surface area (Å²) in [4.78, 5) is 13.7. The summed E-state index contributed by atoms with van der Waals surface area (Å²) in [5.74, 6) is -0.170. The lowest BCUT2D eigenvalue weighted by Crippen LogP contribution is -2.41. The van der Waals surface area contributed by atoms with Gasteiger partial charge < -0.3 is 5.11 Å². The van der Waals surface area contributed by atoms with Crippen LogP contribution in [0.2, 0.25) is 0 Å². The summed E-state index contributed by atoms with van der Waals surface area (Å²) >= 11 is 0. The Morgan fingerprint density at radius 3 is 2.70 bits per heavy atom. The molecule has 3 nitrogen and oxygen atoms in total. The molecule has 0 bridgehead atoms. The molecular formula is C16H20FNO2. The van der Waals surface area contributed by atoms with Gasteiger partial charge in [-0.05, 0) is 49.3 Å². The van der Waals surface area contributed by atoms with E-state index in [1.807, 2.05) is 6.92 Å². The van der Waals surface area contributed by atoms with E-state index in [0.717, 1.165) is 31.4 Å². The van der Waals surface area contributed by atoms with E-state index < -0.39 is 5.97 Å². The fraction of sp³-hybridized carbons (Fsp3) is 0.562. The summed E-state index contributed by atoms with van der Waals surface area (Å²) in [5.41, 5.74) is 0.984. The quantitative estimate of drug-likeness (QED) is 0.923. The summed E-state index contributed by atoms with van der Waals surface area (Å²) in [6.07, 6.45) is 3.31. The molecule has 1 saturated heterocycles. The van der Waals surface area contributed by atoms with Crippen LogP contribution in [0.1, 0.15) is 37.8 Å². The number of aliphatic carboxylic acids is 1. The van der Waals surface area contributed by atoms with E-state index >= 15 is 0 Å². The van der Waals surface area contributed by atoms with Crippen molar-refractivity contribution in [2.45, 2.75) is 38.3 Å². The molecule has 0 amide bonds. The van der Waals surface area contributed by atoms with Crippen LogP contribution in [0.4, 0.5) is 4.39 Å². The first-order valence-electron chi connectivity index (χ1n) is 7.32. The molecule has 1 aliphatic carbocycles. The van der Waals surface area contributed by atoms with E-state index in [9.17, 15) is 14.3 Å². The molecule has 0 radical (unpaired) electrons. The molecule has 4 heteroatoms. The molecule has 20 heavy (non-hydrogen) atoms. The minimum Gasteiger partial charge on any atom is -0.480 e. The minimum atomic E-state index is -0.714. The summed E-state index contributed by atoms with van der Waals surface area (Å²) in [5, 5.41) is 9.57. The molecule has 1 saturated carbocycles. The predicted octanol–water partition coefficient (Wildman–Crippen LogP) is 3.07. The molecule has 108 valence electrons. The molecule has 1 aliphatic heterocycles. The first-order valence-corrected chi connectivity index (χ1v) is 7.32. The second kappa shape index (κ2) is 5.17. The molecule has 3 rings (SSSR count). The van der Waals surface area contributed by atoms with Gasteiger partial charge in [0.15, 0.2) is 0 Å². The maximum atomic E-state index is 13.0. The number of likely N-dealkylation sites (tertiary alicyclic amines) is 1. The zero-order valence-corrected chi connectivity index (χ0v) is 11.6. The number of benzene rings is 1. The summed E-state index contributed by atoms with van der Waals surface area (Å²) in [6, 6.07) is 6.03. The first-order chi connectivity index (χ1) is 9.58. The van der Waals surface area contributed by atoms with Crippen molar-refractivity contribution in [3.63, 3.8) is 0 Å². The number of nitrogens with zero attached hydrogens (tertiary/aromatic N) is 1. The van der Waals surface area contributed by atoms with Crippen molar-refractivity contribution in [3.8, 4) is 0 Å². The third-order valence-corrected chi connectivity index (χ3v) is 5.03. The number of carbonyl (C=O) groups is 1. The highest BCUT2D eigenvalue weighted by Crippen LogP contribution is 2.45. The SMILES string of the molecule is CC(c1ccc(F)cc1)N1CC2CCCC2C1C(=O)O. The fourth-order valence-electron chi connectivity index (χ4n) is 3.99. The van der Waals surface area contributed by atoms with Crippen molar-refractivity contribution in [1.29, 1.82) is 0 Å². The van der Waals surface area contributed by atoms with Crippen molar-refractivity contribution < 1.29 is 14.3 Å². The van der Waals surface area contributed by atoms with Gasteiger partial charge in [-0.3, -0.25) is 9.69 Å². The van der Waals surface area contributed by atoms with Gasteiger partial charge in [0.25, 0.3) is 0 Å². The molecule has 2 aliphatic rings. The van der Waals surface area contributed by atoms with Gasteiger partial charge in [-0.15, -0.1) is 0 Å². The highest BCUT2D eigenvalue weighted by Gasteiger charge is 2.49. The lowest BCUT2D eigenvalue weighted by molar-refractivity contribution is -0.144. The first kappa shape index (κ1) is 13.6. The lowest BCUT2D eigenvalue weighted by atomic mass is 9.94. The Labute approximate surface area is 118 Å². The van der Waals surface area contributed by atoms with Crippen LogP contribution in [0.3, 0.4) is 0 Å². The molecule has 1 heterocycles. The van der Waals surface area contributed by atoms with E-state index in [4.69, 9.17) is 0 Å². The average molecular weight is 277 g/mol.